The first-order valence-corrected chi connectivity index (χ1v) is 7.57. The highest BCUT2D eigenvalue weighted by atomic mass is 16.3. The van der Waals surface area contributed by atoms with Gasteiger partial charge in [-0.25, -0.2) is 0 Å². The van der Waals surface area contributed by atoms with Gasteiger partial charge in [0.15, 0.2) is 0 Å². The summed E-state index contributed by atoms with van der Waals surface area (Å²) in [4.78, 5) is 5.07. The molecule has 106 valence electrons. The summed E-state index contributed by atoms with van der Waals surface area (Å²) >= 11 is 0. The topological polar surface area (TPSA) is 38.7 Å². The molecule has 4 nitrogen and oxygen atoms in total. The average Bonchev–Trinajstić information content (AvgIpc) is 2.65. The molecule has 0 radical (unpaired) electrons. The molecule has 2 rings (SSSR count). The van der Waals surface area contributed by atoms with Crippen LogP contribution in [-0.4, -0.2) is 73.4 Å². The van der Waals surface area contributed by atoms with Crippen LogP contribution in [0.2, 0.25) is 0 Å². The molecule has 0 aromatic heterocycles. The second kappa shape index (κ2) is 7.43. The maximum absolute atomic E-state index is 9.24. The van der Waals surface area contributed by atoms with Crippen molar-refractivity contribution in [2.45, 2.75) is 32.2 Å². The lowest BCUT2D eigenvalue weighted by atomic mass is 9.97. The standard InChI is InChI=1S/C14H29N3O/c1-13(12-18)17-8-2-7-16(9-10-17)11-14-3-5-15-6-4-14/h13-15,18H,2-12H2,1H3. The van der Waals surface area contributed by atoms with Crippen molar-refractivity contribution in [1.29, 1.82) is 0 Å². The van der Waals surface area contributed by atoms with Gasteiger partial charge in [-0.1, -0.05) is 0 Å². The van der Waals surface area contributed by atoms with E-state index in [4.69, 9.17) is 0 Å². The molecule has 0 aliphatic carbocycles. The molecule has 2 aliphatic heterocycles. The molecule has 4 heteroatoms. The Morgan fingerprint density at radius 1 is 1.17 bits per heavy atom. The van der Waals surface area contributed by atoms with E-state index in [9.17, 15) is 5.11 Å². The fourth-order valence-electron chi connectivity index (χ4n) is 3.16. The SMILES string of the molecule is CC(CO)N1CCCN(CC2CCNCC2)CC1. The number of hydrogen-bond donors (Lipinski definition) is 2. The largest absolute Gasteiger partial charge is 0.395 e. The van der Waals surface area contributed by atoms with E-state index in [1.807, 2.05) is 0 Å². The Morgan fingerprint density at radius 3 is 2.67 bits per heavy atom. The second-order valence-corrected chi connectivity index (χ2v) is 5.92. The Labute approximate surface area is 111 Å². The van der Waals surface area contributed by atoms with Gasteiger partial charge in [0.05, 0.1) is 6.61 Å². The van der Waals surface area contributed by atoms with E-state index in [1.165, 1.54) is 52.0 Å². The summed E-state index contributed by atoms with van der Waals surface area (Å²) in [6.45, 7) is 10.8. The number of aliphatic hydroxyl groups excluding tert-OH is 1. The molecule has 0 aromatic carbocycles. The summed E-state index contributed by atoms with van der Waals surface area (Å²) in [5, 5.41) is 12.7. The quantitative estimate of drug-likeness (QED) is 0.761. The van der Waals surface area contributed by atoms with Gasteiger partial charge < -0.3 is 15.3 Å². The van der Waals surface area contributed by atoms with Crippen molar-refractivity contribution in [1.82, 2.24) is 15.1 Å². The Bertz CT molecular complexity index is 231. The molecule has 2 fully saturated rings. The highest BCUT2D eigenvalue weighted by molar-refractivity contribution is 4.77. The van der Waals surface area contributed by atoms with E-state index in [0.717, 1.165) is 19.0 Å². The molecule has 1 unspecified atom stereocenters. The number of aliphatic hydroxyl groups is 1. The molecule has 0 amide bonds. The summed E-state index contributed by atoms with van der Waals surface area (Å²) in [6.07, 6.45) is 3.93. The fourth-order valence-corrected chi connectivity index (χ4v) is 3.16. The van der Waals surface area contributed by atoms with Gasteiger partial charge in [0.25, 0.3) is 0 Å². The monoisotopic (exact) mass is 255 g/mol. The lowest BCUT2D eigenvalue weighted by Gasteiger charge is -2.30. The van der Waals surface area contributed by atoms with Crippen LogP contribution in [0.1, 0.15) is 26.2 Å². The summed E-state index contributed by atoms with van der Waals surface area (Å²) in [5.41, 5.74) is 0. The minimum Gasteiger partial charge on any atom is -0.395 e. The molecule has 2 aliphatic rings. The van der Waals surface area contributed by atoms with E-state index in [-0.39, 0.29) is 6.61 Å². The predicted molar refractivity (Wildman–Crippen MR) is 74.8 cm³/mol. The summed E-state index contributed by atoms with van der Waals surface area (Å²) < 4.78 is 0. The van der Waals surface area contributed by atoms with Crippen molar-refractivity contribution in [3.05, 3.63) is 0 Å². The van der Waals surface area contributed by atoms with Crippen molar-refractivity contribution in [3.8, 4) is 0 Å². The number of rotatable bonds is 4. The van der Waals surface area contributed by atoms with Crippen LogP contribution in [0, 0.1) is 5.92 Å². The van der Waals surface area contributed by atoms with Crippen LogP contribution < -0.4 is 5.32 Å². The van der Waals surface area contributed by atoms with Crippen molar-refractivity contribution in [3.63, 3.8) is 0 Å². The van der Waals surface area contributed by atoms with E-state index < -0.39 is 0 Å². The molecule has 0 spiro atoms. The van der Waals surface area contributed by atoms with Crippen LogP contribution in [0.3, 0.4) is 0 Å². The van der Waals surface area contributed by atoms with Crippen LogP contribution in [0.4, 0.5) is 0 Å². The average molecular weight is 255 g/mol. The summed E-state index contributed by atoms with van der Waals surface area (Å²) in [6, 6.07) is 0.323. The normalized spacial score (nSPS) is 27.0. The minimum absolute atomic E-state index is 0.286. The third-order valence-corrected chi connectivity index (χ3v) is 4.49. The van der Waals surface area contributed by atoms with Gasteiger partial charge in [-0.2, -0.15) is 0 Å². The zero-order valence-electron chi connectivity index (χ0n) is 11.8. The Hall–Kier alpha value is -0.160. The Kier molecular flexibility index (Phi) is 5.89. The highest BCUT2D eigenvalue weighted by Gasteiger charge is 2.21. The second-order valence-electron chi connectivity index (χ2n) is 5.92. The van der Waals surface area contributed by atoms with Gasteiger partial charge in [0.1, 0.15) is 0 Å². The number of nitrogens with one attached hydrogen (secondary N) is 1. The van der Waals surface area contributed by atoms with Crippen LogP contribution in [-0.2, 0) is 0 Å². The van der Waals surface area contributed by atoms with Gasteiger partial charge in [-0.3, -0.25) is 4.90 Å². The number of piperidine rings is 1. The van der Waals surface area contributed by atoms with Crippen LogP contribution in [0.5, 0.6) is 0 Å². The first-order chi connectivity index (χ1) is 8.79. The minimum atomic E-state index is 0.286. The maximum Gasteiger partial charge on any atom is 0.0584 e. The molecule has 2 N–H and O–H groups in total. The molecule has 0 bridgehead atoms. The van der Waals surface area contributed by atoms with Gasteiger partial charge in [0.2, 0.25) is 0 Å². The molecule has 18 heavy (non-hydrogen) atoms. The molecule has 0 saturated carbocycles. The molecule has 0 aromatic rings. The van der Waals surface area contributed by atoms with Crippen LogP contribution in [0.25, 0.3) is 0 Å². The van der Waals surface area contributed by atoms with E-state index in [2.05, 4.69) is 22.0 Å². The first-order valence-electron chi connectivity index (χ1n) is 7.57. The smallest absolute Gasteiger partial charge is 0.0584 e. The highest BCUT2D eigenvalue weighted by Crippen LogP contribution is 2.15. The lowest BCUT2D eigenvalue weighted by molar-refractivity contribution is 0.134. The maximum atomic E-state index is 9.24. The van der Waals surface area contributed by atoms with E-state index >= 15 is 0 Å². The molecule has 2 saturated heterocycles. The van der Waals surface area contributed by atoms with Crippen molar-refractivity contribution < 1.29 is 5.11 Å². The fraction of sp³-hybridized carbons (Fsp3) is 1.00. The van der Waals surface area contributed by atoms with E-state index in [1.54, 1.807) is 0 Å². The van der Waals surface area contributed by atoms with Crippen LogP contribution in [0.15, 0.2) is 0 Å². The molecular formula is C14H29N3O. The summed E-state index contributed by atoms with van der Waals surface area (Å²) in [5.74, 6) is 0.896. The predicted octanol–water partition coefficient (Wildman–Crippen LogP) is 0.375. The molecule has 2 heterocycles. The Balaban J connectivity index is 1.74. The molecular weight excluding hydrogens is 226 g/mol. The van der Waals surface area contributed by atoms with Gasteiger partial charge in [-0.15, -0.1) is 0 Å². The lowest BCUT2D eigenvalue weighted by Crippen LogP contribution is -2.40. The zero-order valence-corrected chi connectivity index (χ0v) is 11.8. The number of nitrogens with zero attached hydrogens (tertiary/aromatic N) is 2. The van der Waals surface area contributed by atoms with Crippen molar-refractivity contribution >= 4 is 0 Å². The Morgan fingerprint density at radius 2 is 1.94 bits per heavy atom. The summed E-state index contributed by atoms with van der Waals surface area (Å²) in [7, 11) is 0. The van der Waals surface area contributed by atoms with E-state index in [0.29, 0.717) is 6.04 Å². The number of hydrogen-bond acceptors (Lipinski definition) is 4. The van der Waals surface area contributed by atoms with Crippen molar-refractivity contribution in [2.75, 3.05) is 52.4 Å². The first kappa shape index (κ1) is 14.3. The van der Waals surface area contributed by atoms with Crippen LogP contribution >= 0.6 is 0 Å². The molecule has 1 atom stereocenters. The third-order valence-electron chi connectivity index (χ3n) is 4.49. The van der Waals surface area contributed by atoms with Gasteiger partial charge in [0, 0.05) is 25.7 Å². The van der Waals surface area contributed by atoms with Crippen molar-refractivity contribution in [2.24, 2.45) is 5.92 Å². The third kappa shape index (κ3) is 4.19. The zero-order chi connectivity index (χ0) is 12.8. The van der Waals surface area contributed by atoms with Gasteiger partial charge in [-0.05, 0) is 58.3 Å². The van der Waals surface area contributed by atoms with Gasteiger partial charge >= 0.3 is 0 Å².